The van der Waals surface area contributed by atoms with Crippen LogP contribution in [0.25, 0.3) is 16.6 Å². The van der Waals surface area contributed by atoms with Crippen molar-refractivity contribution in [2.75, 3.05) is 16.2 Å². The first-order valence-corrected chi connectivity index (χ1v) is 12.3. The van der Waals surface area contributed by atoms with Gasteiger partial charge in [0.05, 0.1) is 11.8 Å². The van der Waals surface area contributed by atoms with Gasteiger partial charge in [0.15, 0.2) is 0 Å². The van der Waals surface area contributed by atoms with E-state index < -0.39 is 28.0 Å². The first-order valence-electron chi connectivity index (χ1n) is 10.9. The molecule has 0 radical (unpaired) electrons. The Bertz CT molecular complexity index is 1690. The van der Waals surface area contributed by atoms with Crippen LogP contribution in [0.1, 0.15) is 0 Å². The summed E-state index contributed by atoms with van der Waals surface area (Å²) in [4.78, 5) is 36.2. The summed E-state index contributed by atoms with van der Waals surface area (Å²) >= 11 is 0. The third kappa shape index (κ3) is 4.46. The molecule has 0 bridgehead atoms. The summed E-state index contributed by atoms with van der Waals surface area (Å²) in [6.45, 7) is -0.623. The number of para-hydroxylation sites is 1. The minimum absolute atomic E-state index is 0.110. The third-order valence-electron chi connectivity index (χ3n) is 5.47. The van der Waals surface area contributed by atoms with E-state index in [-0.39, 0.29) is 16.1 Å². The van der Waals surface area contributed by atoms with Gasteiger partial charge in [-0.2, -0.15) is 0 Å². The van der Waals surface area contributed by atoms with Gasteiger partial charge < -0.3 is 14.9 Å². The number of carbonyl (C=O) groups excluding carboxylic acids is 1. The van der Waals surface area contributed by atoms with E-state index >= 15 is 0 Å². The van der Waals surface area contributed by atoms with Crippen molar-refractivity contribution in [3.05, 3.63) is 108 Å². The van der Waals surface area contributed by atoms with Gasteiger partial charge in [0.2, 0.25) is 5.91 Å². The number of nitrogens with zero attached hydrogens (tertiary/aromatic N) is 4. The number of aromatic amines is 1. The molecule has 10 nitrogen and oxygen atoms in total. The number of H-pyrrole nitrogens is 1. The topological polar surface area (TPSA) is 130 Å². The van der Waals surface area contributed by atoms with Crippen LogP contribution >= 0.6 is 0 Å². The van der Waals surface area contributed by atoms with E-state index in [1.54, 1.807) is 71.8 Å². The smallest absolute Gasteiger partial charge is 0.272 e. The summed E-state index contributed by atoms with van der Waals surface area (Å²) in [6.07, 6.45) is 7.96. The SMILES string of the molecule is O=C(CN(c1ccc[nH]c1=O)S(=O)(=O)c1cccc2cccnc12)Nc1ccc(-n2ccnc2)cc1. The summed E-state index contributed by atoms with van der Waals surface area (Å²) in [5.41, 5.74) is 0.722. The molecule has 3 heterocycles. The van der Waals surface area contributed by atoms with E-state index in [0.29, 0.717) is 11.1 Å². The molecule has 0 saturated carbocycles. The molecule has 5 aromatic rings. The number of hydrogen-bond acceptors (Lipinski definition) is 6. The number of pyridine rings is 2. The van der Waals surface area contributed by atoms with Gasteiger partial charge in [-0.1, -0.05) is 18.2 Å². The number of rotatable bonds is 7. The predicted octanol–water partition coefficient (Wildman–Crippen LogP) is 2.94. The number of benzene rings is 2. The van der Waals surface area contributed by atoms with Crippen molar-refractivity contribution in [3.8, 4) is 5.69 Å². The molecule has 0 atom stereocenters. The van der Waals surface area contributed by atoms with Crippen LogP contribution in [-0.4, -0.2) is 40.4 Å². The van der Waals surface area contributed by atoms with Crippen molar-refractivity contribution in [2.24, 2.45) is 0 Å². The van der Waals surface area contributed by atoms with Gasteiger partial charge >= 0.3 is 0 Å². The van der Waals surface area contributed by atoms with Gasteiger partial charge in [-0.15, -0.1) is 0 Å². The molecule has 1 amide bonds. The molecule has 0 aliphatic carbocycles. The highest BCUT2D eigenvalue weighted by Gasteiger charge is 2.31. The van der Waals surface area contributed by atoms with E-state index in [4.69, 9.17) is 0 Å². The molecular weight excluding hydrogens is 480 g/mol. The molecule has 5 rings (SSSR count). The fourth-order valence-corrected chi connectivity index (χ4v) is 5.36. The summed E-state index contributed by atoms with van der Waals surface area (Å²) in [5.74, 6) is -0.620. The monoisotopic (exact) mass is 500 g/mol. The van der Waals surface area contributed by atoms with Gasteiger partial charge in [0, 0.05) is 41.5 Å². The Kier molecular flexibility index (Phi) is 6.05. The Morgan fingerprint density at radius 1 is 1.00 bits per heavy atom. The van der Waals surface area contributed by atoms with Crippen molar-refractivity contribution in [2.45, 2.75) is 4.90 Å². The van der Waals surface area contributed by atoms with E-state index in [9.17, 15) is 18.0 Å². The first kappa shape index (κ1) is 23.0. The molecule has 0 saturated heterocycles. The van der Waals surface area contributed by atoms with E-state index in [0.717, 1.165) is 9.99 Å². The zero-order valence-corrected chi connectivity index (χ0v) is 19.6. The largest absolute Gasteiger partial charge is 0.327 e. The lowest BCUT2D eigenvalue weighted by atomic mass is 10.2. The number of amides is 1. The highest BCUT2D eigenvalue weighted by Crippen LogP contribution is 2.26. The molecule has 0 fully saturated rings. The molecule has 2 aromatic carbocycles. The first-order chi connectivity index (χ1) is 17.4. The number of aromatic nitrogens is 4. The Morgan fingerprint density at radius 3 is 2.56 bits per heavy atom. The maximum atomic E-state index is 13.8. The number of sulfonamides is 1. The summed E-state index contributed by atoms with van der Waals surface area (Å²) < 4.78 is 30.2. The number of hydrogen-bond donors (Lipinski definition) is 2. The second-order valence-electron chi connectivity index (χ2n) is 7.79. The lowest BCUT2D eigenvalue weighted by Gasteiger charge is -2.23. The standard InChI is InChI=1S/C25H20N6O4S/c32-23(29-19-8-10-20(11-9-19)30-15-14-26-17-30)16-31(21-6-3-13-28-25(21)33)36(34,35)22-7-1-4-18-5-2-12-27-24(18)22/h1-15,17H,16H2,(H,28,33)(H,29,32). The maximum Gasteiger partial charge on any atom is 0.272 e. The molecule has 0 aliphatic heterocycles. The lowest BCUT2D eigenvalue weighted by molar-refractivity contribution is -0.114. The molecule has 11 heteroatoms. The minimum Gasteiger partial charge on any atom is -0.327 e. The summed E-state index contributed by atoms with van der Waals surface area (Å²) in [6, 6.07) is 18.0. The maximum absolute atomic E-state index is 13.8. The molecule has 2 N–H and O–H groups in total. The Labute approximate surface area is 205 Å². The quantitative estimate of drug-likeness (QED) is 0.353. The van der Waals surface area contributed by atoms with E-state index in [1.165, 1.54) is 30.6 Å². The van der Waals surface area contributed by atoms with Crippen LogP contribution in [0.4, 0.5) is 11.4 Å². The average molecular weight is 501 g/mol. The molecule has 180 valence electrons. The fraction of sp³-hybridized carbons (Fsp3) is 0.0400. The Morgan fingerprint density at radius 2 is 1.81 bits per heavy atom. The van der Waals surface area contributed by atoms with Crippen LogP contribution < -0.4 is 15.2 Å². The third-order valence-corrected chi connectivity index (χ3v) is 7.26. The lowest BCUT2D eigenvalue weighted by Crippen LogP contribution is -2.41. The highest BCUT2D eigenvalue weighted by molar-refractivity contribution is 7.93. The van der Waals surface area contributed by atoms with Crippen LogP contribution in [0.3, 0.4) is 0 Å². The average Bonchev–Trinajstić information content (AvgIpc) is 3.43. The summed E-state index contributed by atoms with van der Waals surface area (Å²) in [7, 11) is -4.35. The van der Waals surface area contributed by atoms with Crippen molar-refractivity contribution < 1.29 is 13.2 Å². The van der Waals surface area contributed by atoms with Gasteiger partial charge in [-0.05, 0) is 48.5 Å². The summed E-state index contributed by atoms with van der Waals surface area (Å²) in [5, 5.41) is 3.31. The number of anilines is 2. The van der Waals surface area contributed by atoms with E-state index in [1.807, 2.05) is 0 Å². The number of fused-ring (bicyclic) bond motifs is 1. The van der Waals surface area contributed by atoms with Crippen LogP contribution in [-0.2, 0) is 14.8 Å². The highest BCUT2D eigenvalue weighted by atomic mass is 32.2. The fourth-order valence-electron chi connectivity index (χ4n) is 3.77. The Balaban J connectivity index is 1.48. The van der Waals surface area contributed by atoms with Crippen LogP contribution in [0.15, 0.2) is 108 Å². The minimum atomic E-state index is -4.35. The zero-order valence-electron chi connectivity index (χ0n) is 18.8. The van der Waals surface area contributed by atoms with Crippen molar-refractivity contribution in [1.29, 1.82) is 0 Å². The zero-order chi connectivity index (χ0) is 25.1. The van der Waals surface area contributed by atoms with Crippen molar-refractivity contribution in [3.63, 3.8) is 0 Å². The van der Waals surface area contributed by atoms with E-state index in [2.05, 4.69) is 20.3 Å². The van der Waals surface area contributed by atoms with Crippen LogP contribution in [0, 0.1) is 0 Å². The van der Waals surface area contributed by atoms with Crippen LogP contribution in [0.5, 0.6) is 0 Å². The van der Waals surface area contributed by atoms with Gasteiger partial charge in [0.1, 0.15) is 17.1 Å². The Hall–Kier alpha value is -4.77. The molecule has 36 heavy (non-hydrogen) atoms. The normalized spacial score (nSPS) is 11.3. The number of carbonyl (C=O) groups is 1. The van der Waals surface area contributed by atoms with Gasteiger partial charge in [0.25, 0.3) is 15.6 Å². The second kappa shape index (κ2) is 9.47. The molecular formula is C25H20N6O4S. The predicted molar refractivity (Wildman–Crippen MR) is 136 cm³/mol. The number of imidazole rings is 1. The molecule has 0 aliphatic rings. The van der Waals surface area contributed by atoms with Gasteiger partial charge in [-0.25, -0.2) is 13.4 Å². The molecule has 0 unspecified atom stereocenters. The molecule has 0 spiro atoms. The molecule has 3 aromatic heterocycles. The number of nitrogens with one attached hydrogen (secondary N) is 2. The van der Waals surface area contributed by atoms with Gasteiger partial charge in [-0.3, -0.25) is 18.9 Å². The second-order valence-corrected chi connectivity index (χ2v) is 9.62. The van der Waals surface area contributed by atoms with Crippen LogP contribution in [0.2, 0.25) is 0 Å². The van der Waals surface area contributed by atoms with Crippen molar-refractivity contribution >= 4 is 38.2 Å². The van der Waals surface area contributed by atoms with Crippen molar-refractivity contribution in [1.82, 2.24) is 19.5 Å².